The van der Waals surface area contributed by atoms with Crippen molar-refractivity contribution in [1.29, 1.82) is 0 Å². The number of benzene rings is 2. The molecule has 0 aliphatic rings. The molecule has 2 rings (SSSR count). The average Bonchev–Trinajstić information content (AvgIpc) is 2.89. The van der Waals surface area contributed by atoms with Gasteiger partial charge in [0.2, 0.25) is 0 Å². The molecule has 0 saturated heterocycles. The quantitative estimate of drug-likeness (QED) is 0.121. The number of unbranched alkanes of at least 4 members (excludes halogenated alkanes) is 2. The van der Waals surface area contributed by atoms with Gasteiger partial charge in [-0.1, -0.05) is 107 Å². The highest BCUT2D eigenvalue weighted by Crippen LogP contribution is 2.41. The van der Waals surface area contributed by atoms with Crippen LogP contribution < -0.4 is 16.0 Å². The van der Waals surface area contributed by atoms with E-state index in [4.69, 9.17) is 0 Å². The van der Waals surface area contributed by atoms with Gasteiger partial charge < -0.3 is 26.2 Å². The third kappa shape index (κ3) is 12.9. The number of hydrogen-bond acceptors (Lipinski definition) is 5. The van der Waals surface area contributed by atoms with Gasteiger partial charge in [0.25, 0.3) is 0 Å². The van der Waals surface area contributed by atoms with Crippen molar-refractivity contribution in [3.63, 3.8) is 0 Å². The van der Waals surface area contributed by atoms with Crippen molar-refractivity contribution in [2.45, 2.75) is 143 Å². The van der Waals surface area contributed by atoms with E-state index in [0.717, 1.165) is 74.4 Å². The lowest BCUT2D eigenvalue weighted by Gasteiger charge is -2.28. The smallest absolute Gasteiger partial charge is 0.123 e. The molecule has 0 amide bonds. The highest BCUT2D eigenvalue weighted by molar-refractivity contribution is 5.51. The SMILES string of the molecule is CC(C)(C)c1cc(CCNCCCCNCCCCNCCc2cc(C(C)(C)C)c(O)c(C(C)(C)C)c2)cc(C(C)(C)C)c1O. The van der Waals surface area contributed by atoms with Crippen LogP contribution in [0.25, 0.3) is 0 Å². The first-order valence-electron chi connectivity index (χ1n) is 17.6. The molecule has 0 heterocycles. The van der Waals surface area contributed by atoms with Crippen molar-refractivity contribution in [2.75, 3.05) is 39.3 Å². The fourth-order valence-corrected chi connectivity index (χ4v) is 5.80. The van der Waals surface area contributed by atoms with Crippen LogP contribution in [0.3, 0.4) is 0 Å². The Labute approximate surface area is 277 Å². The topological polar surface area (TPSA) is 76.5 Å². The standard InChI is InChI=1S/C40H69N3O2/c1-37(2,3)31-25-29(26-32(35(31)44)38(4,5)6)17-23-42-21-15-13-19-41-20-14-16-22-43-24-18-30-27-33(39(7,8)9)36(45)34(28-30)40(10,11)12/h25-28,41-45H,13-24H2,1-12H3. The predicted octanol–water partition coefficient (Wildman–Crippen LogP) is 8.40. The van der Waals surface area contributed by atoms with Crippen LogP contribution in [-0.2, 0) is 34.5 Å². The van der Waals surface area contributed by atoms with Crippen molar-refractivity contribution in [3.05, 3.63) is 57.6 Å². The third-order valence-electron chi connectivity index (χ3n) is 8.67. The minimum atomic E-state index is -0.0841. The number of phenols is 2. The lowest BCUT2D eigenvalue weighted by atomic mass is 9.78. The molecule has 256 valence electrons. The number of nitrogens with one attached hydrogen (secondary N) is 3. The second kappa shape index (κ2) is 16.7. The first-order valence-corrected chi connectivity index (χ1v) is 17.6. The molecule has 5 heteroatoms. The Morgan fingerprint density at radius 2 is 0.622 bits per heavy atom. The molecular formula is C40H69N3O2. The van der Waals surface area contributed by atoms with Crippen molar-refractivity contribution < 1.29 is 10.2 Å². The molecule has 0 unspecified atom stereocenters. The summed E-state index contributed by atoms with van der Waals surface area (Å²) in [6, 6.07) is 8.80. The summed E-state index contributed by atoms with van der Waals surface area (Å²) in [4.78, 5) is 0. The predicted molar refractivity (Wildman–Crippen MR) is 195 cm³/mol. The lowest BCUT2D eigenvalue weighted by molar-refractivity contribution is 0.421. The van der Waals surface area contributed by atoms with Gasteiger partial charge in [0, 0.05) is 0 Å². The van der Waals surface area contributed by atoms with Gasteiger partial charge in [-0.25, -0.2) is 0 Å². The molecule has 0 fully saturated rings. The summed E-state index contributed by atoms with van der Waals surface area (Å²) in [5.74, 6) is 0.927. The molecule has 5 N–H and O–H groups in total. The van der Waals surface area contributed by atoms with E-state index in [2.05, 4.69) is 123 Å². The van der Waals surface area contributed by atoms with E-state index in [1.165, 1.54) is 36.8 Å². The van der Waals surface area contributed by atoms with Gasteiger partial charge in [-0.3, -0.25) is 0 Å². The Kier molecular flexibility index (Phi) is 14.5. The number of hydrogen-bond donors (Lipinski definition) is 5. The van der Waals surface area contributed by atoms with Crippen LogP contribution in [0.5, 0.6) is 11.5 Å². The zero-order valence-electron chi connectivity index (χ0n) is 31.2. The van der Waals surface area contributed by atoms with E-state index in [1.54, 1.807) is 0 Å². The zero-order valence-corrected chi connectivity index (χ0v) is 31.2. The number of phenolic OH excluding ortho intramolecular Hbond substituents is 2. The maximum atomic E-state index is 11.0. The Bertz CT molecular complexity index is 1030. The van der Waals surface area contributed by atoms with E-state index >= 15 is 0 Å². The summed E-state index contributed by atoms with van der Waals surface area (Å²) in [5, 5.41) is 32.7. The second-order valence-electron chi connectivity index (χ2n) is 17.2. The van der Waals surface area contributed by atoms with E-state index in [9.17, 15) is 10.2 Å². The van der Waals surface area contributed by atoms with Gasteiger partial charge >= 0.3 is 0 Å². The highest BCUT2D eigenvalue weighted by Gasteiger charge is 2.27. The normalized spacial score (nSPS) is 13.1. The summed E-state index contributed by atoms with van der Waals surface area (Å²) in [5.41, 5.74) is 6.45. The van der Waals surface area contributed by atoms with Crippen LogP contribution in [-0.4, -0.2) is 49.5 Å². The van der Waals surface area contributed by atoms with Gasteiger partial charge in [-0.05, 0) is 133 Å². The number of rotatable bonds is 16. The van der Waals surface area contributed by atoms with Crippen molar-refractivity contribution in [1.82, 2.24) is 16.0 Å². The third-order valence-corrected chi connectivity index (χ3v) is 8.67. The summed E-state index contributed by atoms with van der Waals surface area (Å²) in [6.07, 6.45) is 6.68. The molecule has 0 saturated carbocycles. The molecule has 0 radical (unpaired) electrons. The van der Waals surface area contributed by atoms with Crippen LogP contribution in [0.15, 0.2) is 24.3 Å². The van der Waals surface area contributed by atoms with Crippen molar-refractivity contribution in [3.8, 4) is 11.5 Å². The molecule has 2 aromatic carbocycles. The molecule has 0 aliphatic carbocycles. The Morgan fingerprint density at radius 1 is 0.400 bits per heavy atom. The van der Waals surface area contributed by atoms with Gasteiger partial charge in [0.1, 0.15) is 11.5 Å². The molecule has 5 nitrogen and oxygen atoms in total. The average molecular weight is 624 g/mol. The molecule has 0 atom stereocenters. The van der Waals surface area contributed by atoms with Crippen LogP contribution in [0, 0.1) is 0 Å². The van der Waals surface area contributed by atoms with Crippen LogP contribution in [0.2, 0.25) is 0 Å². The summed E-state index contributed by atoms with van der Waals surface area (Å²) in [7, 11) is 0. The van der Waals surface area contributed by atoms with Crippen LogP contribution >= 0.6 is 0 Å². The summed E-state index contributed by atoms with van der Waals surface area (Å²) < 4.78 is 0. The van der Waals surface area contributed by atoms with Gasteiger partial charge in [-0.2, -0.15) is 0 Å². The molecular weight excluding hydrogens is 554 g/mol. The van der Waals surface area contributed by atoms with E-state index in [0.29, 0.717) is 11.5 Å². The first kappa shape index (κ1) is 39.1. The summed E-state index contributed by atoms with van der Waals surface area (Å²) >= 11 is 0. The molecule has 0 aromatic heterocycles. The van der Waals surface area contributed by atoms with Crippen LogP contribution in [0.1, 0.15) is 142 Å². The minimum Gasteiger partial charge on any atom is -0.507 e. The highest BCUT2D eigenvalue weighted by atomic mass is 16.3. The first-order chi connectivity index (χ1) is 20.7. The Balaban J connectivity index is 1.59. The van der Waals surface area contributed by atoms with Crippen LogP contribution in [0.4, 0.5) is 0 Å². The van der Waals surface area contributed by atoms with Crippen molar-refractivity contribution in [2.24, 2.45) is 0 Å². The fourth-order valence-electron chi connectivity index (χ4n) is 5.80. The Morgan fingerprint density at radius 3 is 0.844 bits per heavy atom. The second-order valence-corrected chi connectivity index (χ2v) is 17.2. The zero-order chi connectivity index (χ0) is 34.1. The molecule has 2 aromatic rings. The maximum absolute atomic E-state index is 11.0. The summed E-state index contributed by atoms with van der Waals surface area (Å²) in [6.45, 7) is 32.2. The van der Waals surface area contributed by atoms with Gasteiger partial charge in [0.05, 0.1) is 0 Å². The lowest BCUT2D eigenvalue weighted by Crippen LogP contribution is -2.23. The monoisotopic (exact) mass is 624 g/mol. The number of aromatic hydroxyl groups is 2. The molecule has 0 bridgehead atoms. The van der Waals surface area contributed by atoms with Crippen molar-refractivity contribution >= 4 is 0 Å². The largest absolute Gasteiger partial charge is 0.507 e. The molecule has 0 spiro atoms. The molecule has 45 heavy (non-hydrogen) atoms. The van der Waals surface area contributed by atoms with E-state index in [-0.39, 0.29) is 21.7 Å². The van der Waals surface area contributed by atoms with Gasteiger partial charge in [-0.15, -0.1) is 0 Å². The maximum Gasteiger partial charge on any atom is 0.123 e. The Hall–Kier alpha value is -2.08. The van der Waals surface area contributed by atoms with Gasteiger partial charge in [0.15, 0.2) is 0 Å². The minimum absolute atomic E-state index is 0.0841. The fraction of sp³-hybridized carbons (Fsp3) is 0.700. The van der Waals surface area contributed by atoms with E-state index in [1.807, 2.05) is 0 Å². The van der Waals surface area contributed by atoms with E-state index < -0.39 is 0 Å². The molecule has 0 aliphatic heterocycles.